The fourth-order valence-corrected chi connectivity index (χ4v) is 1.85. The van der Waals surface area contributed by atoms with Gasteiger partial charge in [0, 0.05) is 27.2 Å². The Morgan fingerprint density at radius 2 is 1.58 bits per heavy atom. The topological polar surface area (TPSA) is 90.3 Å². The summed E-state index contributed by atoms with van der Waals surface area (Å²) in [6, 6.07) is 5.78. The van der Waals surface area contributed by atoms with Gasteiger partial charge in [-0.2, -0.15) is 0 Å². The minimum atomic E-state index is -1.32. The molecule has 0 saturated heterocycles. The molecule has 24 heavy (non-hydrogen) atoms. The van der Waals surface area contributed by atoms with E-state index in [1.54, 1.807) is 34.9 Å². The van der Waals surface area contributed by atoms with E-state index in [0.29, 0.717) is 5.56 Å². The average Bonchev–Trinajstić information content (AvgIpc) is 2.49. The van der Waals surface area contributed by atoms with Crippen LogP contribution in [0.1, 0.15) is 32.4 Å². The first-order valence-electron chi connectivity index (χ1n) is 7.67. The summed E-state index contributed by atoms with van der Waals surface area (Å²) in [5.41, 5.74) is -0.188. The Bertz CT molecular complexity index is 565. The Kier molecular flexibility index (Phi) is 6.60. The van der Waals surface area contributed by atoms with Crippen LogP contribution in [-0.4, -0.2) is 64.8 Å². The molecule has 0 fully saturated rings. The summed E-state index contributed by atoms with van der Waals surface area (Å²) in [5.74, 6) is -0.427. The molecule has 1 aromatic carbocycles. The molecule has 0 heterocycles. The van der Waals surface area contributed by atoms with Gasteiger partial charge in [0.15, 0.2) is 6.10 Å². The molecular weight excluding hydrogens is 312 g/mol. The number of amides is 2. The predicted molar refractivity (Wildman–Crippen MR) is 89.6 cm³/mol. The number of hydrogen-bond donors (Lipinski definition) is 2. The van der Waals surface area contributed by atoms with Crippen molar-refractivity contribution in [1.82, 2.24) is 9.80 Å². The lowest BCUT2D eigenvalue weighted by Crippen LogP contribution is -2.41. The van der Waals surface area contributed by atoms with E-state index in [0.717, 1.165) is 0 Å². The third-order valence-corrected chi connectivity index (χ3v) is 3.29. The van der Waals surface area contributed by atoms with E-state index in [9.17, 15) is 19.8 Å². The maximum absolute atomic E-state index is 12.2. The number of aliphatic hydroxyl groups is 1. The SMILES string of the molecule is CN(CCN(C)C(=O)C(O)c1ccc(O)cc1)C(=O)OC(C)(C)C. The van der Waals surface area contributed by atoms with Crippen LogP contribution in [0.15, 0.2) is 24.3 Å². The van der Waals surface area contributed by atoms with Crippen molar-refractivity contribution < 1.29 is 24.5 Å². The minimum absolute atomic E-state index is 0.0609. The van der Waals surface area contributed by atoms with Gasteiger partial charge in [0.05, 0.1) is 0 Å². The van der Waals surface area contributed by atoms with Gasteiger partial charge < -0.3 is 24.7 Å². The normalized spacial score (nSPS) is 12.4. The van der Waals surface area contributed by atoms with E-state index in [1.807, 2.05) is 0 Å². The van der Waals surface area contributed by atoms with Crippen LogP contribution in [0.2, 0.25) is 0 Å². The maximum Gasteiger partial charge on any atom is 0.410 e. The summed E-state index contributed by atoms with van der Waals surface area (Å²) < 4.78 is 5.23. The highest BCUT2D eigenvalue weighted by Gasteiger charge is 2.23. The lowest BCUT2D eigenvalue weighted by molar-refractivity contribution is -0.139. The van der Waals surface area contributed by atoms with Crippen LogP contribution in [0, 0.1) is 0 Å². The zero-order chi connectivity index (χ0) is 18.5. The van der Waals surface area contributed by atoms with Crippen molar-refractivity contribution in [3.8, 4) is 5.75 Å². The number of phenolic OH excluding ortho intramolecular Hbond substituents is 1. The molecule has 1 rings (SSSR count). The van der Waals surface area contributed by atoms with E-state index >= 15 is 0 Å². The largest absolute Gasteiger partial charge is 0.508 e. The molecule has 2 N–H and O–H groups in total. The summed E-state index contributed by atoms with van der Waals surface area (Å²) in [6.07, 6.45) is -1.79. The quantitative estimate of drug-likeness (QED) is 0.854. The third kappa shape index (κ3) is 6.08. The molecule has 134 valence electrons. The number of hydrogen-bond acceptors (Lipinski definition) is 5. The lowest BCUT2D eigenvalue weighted by atomic mass is 10.1. The van der Waals surface area contributed by atoms with Crippen LogP contribution in [0.5, 0.6) is 5.75 Å². The molecule has 7 heteroatoms. The first-order chi connectivity index (χ1) is 11.0. The van der Waals surface area contributed by atoms with Crippen LogP contribution in [0.25, 0.3) is 0 Å². The van der Waals surface area contributed by atoms with Crippen molar-refractivity contribution in [2.75, 3.05) is 27.2 Å². The Labute approximate surface area is 142 Å². The number of aromatic hydroxyl groups is 1. The Balaban J connectivity index is 2.54. The number of likely N-dealkylation sites (N-methyl/N-ethyl adjacent to an activating group) is 2. The number of rotatable bonds is 5. The van der Waals surface area contributed by atoms with Gasteiger partial charge in [0.2, 0.25) is 0 Å². The second kappa shape index (κ2) is 8.01. The zero-order valence-electron chi connectivity index (χ0n) is 14.8. The Morgan fingerprint density at radius 1 is 1.08 bits per heavy atom. The molecule has 0 bridgehead atoms. The van der Waals surface area contributed by atoms with Gasteiger partial charge in [-0.1, -0.05) is 12.1 Å². The van der Waals surface area contributed by atoms with Crippen molar-refractivity contribution in [2.45, 2.75) is 32.5 Å². The van der Waals surface area contributed by atoms with E-state index in [1.165, 1.54) is 34.1 Å². The first-order valence-corrected chi connectivity index (χ1v) is 7.67. The molecule has 1 atom stereocenters. The summed E-state index contributed by atoms with van der Waals surface area (Å²) in [4.78, 5) is 26.8. The van der Waals surface area contributed by atoms with E-state index in [-0.39, 0.29) is 18.8 Å². The van der Waals surface area contributed by atoms with Crippen molar-refractivity contribution in [1.29, 1.82) is 0 Å². The second-order valence-electron chi connectivity index (χ2n) is 6.66. The maximum atomic E-state index is 12.2. The number of carbonyl (C=O) groups is 2. The van der Waals surface area contributed by atoms with Gasteiger partial charge in [-0.3, -0.25) is 4.79 Å². The first kappa shape index (κ1) is 19.8. The number of benzene rings is 1. The number of aliphatic hydroxyl groups excluding tert-OH is 1. The molecule has 0 radical (unpaired) electrons. The van der Waals surface area contributed by atoms with Gasteiger partial charge in [-0.05, 0) is 38.5 Å². The van der Waals surface area contributed by atoms with Crippen LogP contribution in [0.3, 0.4) is 0 Å². The molecule has 0 spiro atoms. The summed E-state index contributed by atoms with van der Waals surface area (Å²) in [5, 5.41) is 19.3. The Morgan fingerprint density at radius 3 is 2.08 bits per heavy atom. The fourth-order valence-electron chi connectivity index (χ4n) is 1.85. The molecule has 1 aromatic rings. The van der Waals surface area contributed by atoms with Crippen molar-refractivity contribution >= 4 is 12.0 Å². The highest BCUT2D eigenvalue weighted by atomic mass is 16.6. The molecule has 1 unspecified atom stereocenters. The molecule has 0 aliphatic carbocycles. The van der Waals surface area contributed by atoms with Gasteiger partial charge in [0.1, 0.15) is 11.4 Å². The molecule has 2 amide bonds. The molecule has 0 aliphatic heterocycles. The molecule has 0 aliphatic rings. The smallest absolute Gasteiger partial charge is 0.410 e. The highest BCUT2D eigenvalue weighted by Crippen LogP contribution is 2.18. The van der Waals surface area contributed by atoms with Crippen LogP contribution in [-0.2, 0) is 9.53 Å². The van der Waals surface area contributed by atoms with Crippen LogP contribution >= 0.6 is 0 Å². The van der Waals surface area contributed by atoms with E-state index in [4.69, 9.17) is 4.74 Å². The summed E-state index contributed by atoms with van der Waals surface area (Å²) in [6.45, 7) is 5.87. The highest BCUT2D eigenvalue weighted by molar-refractivity contribution is 5.82. The fraction of sp³-hybridized carbons (Fsp3) is 0.529. The molecule has 7 nitrogen and oxygen atoms in total. The van der Waals surface area contributed by atoms with Gasteiger partial charge >= 0.3 is 6.09 Å². The Hall–Kier alpha value is -2.28. The number of phenols is 1. The monoisotopic (exact) mass is 338 g/mol. The third-order valence-electron chi connectivity index (χ3n) is 3.29. The van der Waals surface area contributed by atoms with Gasteiger partial charge in [-0.25, -0.2) is 4.79 Å². The molecular formula is C17H26N2O5. The number of nitrogens with zero attached hydrogens (tertiary/aromatic N) is 2. The standard InChI is InChI=1S/C17H26N2O5/c1-17(2,3)24-16(23)19(5)11-10-18(4)15(22)14(21)12-6-8-13(20)9-7-12/h6-9,14,20-21H,10-11H2,1-5H3. The molecule has 0 aromatic heterocycles. The lowest BCUT2D eigenvalue weighted by Gasteiger charge is -2.27. The number of ether oxygens (including phenoxy) is 1. The average molecular weight is 338 g/mol. The molecule has 0 saturated carbocycles. The van der Waals surface area contributed by atoms with Gasteiger partial charge in [0.25, 0.3) is 5.91 Å². The minimum Gasteiger partial charge on any atom is -0.508 e. The second-order valence-corrected chi connectivity index (χ2v) is 6.66. The van der Waals surface area contributed by atoms with Crippen LogP contribution in [0.4, 0.5) is 4.79 Å². The van der Waals surface area contributed by atoms with Crippen LogP contribution < -0.4 is 0 Å². The summed E-state index contributed by atoms with van der Waals surface area (Å²) >= 11 is 0. The van der Waals surface area contributed by atoms with Gasteiger partial charge in [-0.15, -0.1) is 0 Å². The zero-order valence-corrected chi connectivity index (χ0v) is 14.8. The van der Waals surface area contributed by atoms with Crippen molar-refractivity contribution in [2.24, 2.45) is 0 Å². The summed E-state index contributed by atoms with van der Waals surface area (Å²) in [7, 11) is 3.14. The van der Waals surface area contributed by atoms with E-state index in [2.05, 4.69) is 0 Å². The van der Waals surface area contributed by atoms with Crippen molar-refractivity contribution in [3.63, 3.8) is 0 Å². The predicted octanol–water partition coefficient (Wildman–Crippen LogP) is 1.75. The van der Waals surface area contributed by atoms with Crippen molar-refractivity contribution in [3.05, 3.63) is 29.8 Å². The number of carbonyl (C=O) groups excluding carboxylic acids is 2. The van der Waals surface area contributed by atoms with E-state index < -0.39 is 23.7 Å².